The molecular formula is C13H22N2O4S. The van der Waals surface area contributed by atoms with Gasteiger partial charge in [-0.15, -0.1) is 0 Å². The predicted octanol–water partition coefficient (Wildman–Crippen LogP) is 1.20. The Hall–Kier alpha value is -1.34. The number of hydrogen-bond donors (Lipinski definition) is 1. The van der Waals surface area contributed by atoms with Gasteiger partial charge >= 0.3 is 0 Å². The first-order valence-corrected chi connectivity index (χ1v) is 8.21. The summed E-state index contributed by atoms with van der Waals surface area (Å²) in [5.74, 6) is 0.460. The molecule has 0 aliphatic rings. The van der Waals surface area contributed by atoms with Crippen molar-refractivity contribution in [3.05, 3.63) is 24.2 Å². The molecule has 1 heterocycles. The first kappa shape index (κ1) is 16.7. The van der Waals surface area contributed by atoms with Crippen LogP contribution in [-0.4, -0.2) is 38.0 Å². The molecule has 0 saturated heterocycles. The lowest BCUT2D eigenvalue weighted by molar-refractivity contribution is -0.128. The number of nitrogens with one attached hydrogen (secondary N) is 1. The van der Waals surface area contributed by atoms with E-state index in [-0.39, 0.29) is 25.5 Å². The first-order chi connectivity index (χ1) is 9.10. The topological polar surface area (TPSA) is 79.6 Å². The summed E-state index contributed by atoms with van der Waals surface area (Å²) < 4.78 is 29.8. The van der Waals surface area contributed by atoms with E-state index in [1.165, 1.54) is 10.6 Å². The maximum absolute atomic E-state index is 11.7. The van der Waals surface area contributed by atoms with Crippen molar-refractivity contribution in [3.63, 3.8) is 0 Å². The van der Waals surface area contributed by atoms with Crippen molar-refractivity contribution in [3.8, 4) is 0 Å². The lowest BCUT2D eigenvalue weighted by Gasteiger charge is -2.21. The molecular weight excluding hydrogens is 280 g/mol. The van der Waals surface area contributed by atoms with Crippen LogP contribution in [0.25, 0.3) is 0 Å². The Bertz CT molecular complexity index is 529. The molecule has 1 amide bonds. The van der Waals surface area contributed by atoms with Gasteiger partial charge in [-0.2, -0.15) is 4.31 Å². The van der Waals surface area contributed by atoms with E-state index in [1.807, 2.05) is 0 Å². The summed E-state index contributed by atoms with van der Waals surface area (Å²) in [5, 5.41) is 2.73. The van der Waals surface area contributed by atoms with Crippen LogP contribution in [-0.2, 0) is 21.4 Å². The smallest absolute Gasteiger partial charge is 0.225 e. The van der Waals surface area contributed by atoms with Gasteiger partial charge in [0.05, 0.1) is 19.1 Å². The molecule has 0 aliphatic carbocycles. The molecule has 20 heavy (non-hydrogen) atoms. The number of furan rings is 1. The van der Waals surface area contributed by atoms with Crippen LogP contribution < -0.4 is 5.32 Å². The Morgan fingerprint density at radius 3 is 2.50 bits per heavy atom. The second kappa shape index (κ2) is 6.41. The number of hydrogen-bond acceptors (Lipinski definition) is 4. The molecule has 0 bridgehead atoms. The van der Waals surface area contributed by atoms with Crippen molar-refractivity contribution in [1.29, 1.82) is 0 Å². The minimum absolute atomic E-state index is 0.107. The molecule has 0 saturated carbocycles. The minimum atomic E-state index is -3.35. The molecule has 0 atom stereocenters. The first-order valence-electron chi connectivity index (χ1n) is 6.36. The third-order valence-corrected chi connectivity index (χ3v) is 3.96. The molecule has 7 heteroatoms. The summed E-state index contributed by atoms with van der Waals surface area (Å²) in [6, 6.07) is 3.42. The summed E-state index contributed by atoms with van der Waals surface area (Å²) in [6.07, 6.45) is 2.64. The largest absolute Gasteiger partial charge is 0.468 e. The highest BCUT2D eigenvalue weighted by Gasteiger charge is 2.22. The summed E-state index contributed by atoms with van der Waals surface area (Å²) >= 11 is 0. The number of carbonyl (C=O) groups excluding carboxylic acids is 1. The Morgan fingerprint density at radius 1 is 1.40 bits per heavy atom. The lowest BCUT2D eigenvalue weighted by Crippen LogP contribution is -2.41. The molecule has 1 N–H and O–H groups in total. The standard InChI is InChI=1S/C13H22N2O4S/c1-13(2,3)12(16)14-7-8-15(20(4,17)18)10-11-6-5-9-19-11/h5-6,9H,7-8,10H2,1-4H3,(H,14,16). The monoisotopic (exact) mass is 302 g/mol. The van der Waals surface area contributed by atoms with Crippen molar-refractivity contribution < 1.29 is 17.6 Å². The highest BCUT2D eigenvalue weighted by atomic mass is 32.2. The highest BCUT2D eigenvalue weighted by Crippen LogP contribution is 2.12. The summed E-state index contributed by atoms with van der Waals surface area (Å²) in [4.78, 5) is 11.7. The Kier molecular flexibility index (Phi) is 5.35. The molecule has 1 aromatic heterocycles. The molecule has 0 spiro atoms. The number of nitrogens with zero attached hydrogens (tertiary/aromatic N) is 1. The third kappa shape index (κ3) is 5.34. The normalized spacial score (nSPS) is 12.7. The average molecular weight is 302 g/mol. The van der Waals surface area contributed by atoms with Crippen molar-refractivity contribution in [2.45, 2.75) is 27.3 Å². The van der Waals surface area contributed by atoms with Crippen molar-refractivity contribution in [2.24, 2.45) is 5.41 Å². The summed E-state index contributed by atoms with van der Waals surface area (Å²) in [5.41, 5.74) is -0.489. The van der Waals surface area contributed by atoms with Crippen LogP contribution in [0.3, 0.4) is 0 Å². The van der Waals surface area contributed by atoms with Gasteiger partial charge in [-0.25, -0.2) is 8.42 Å². The third-order valence-electron chi connectivity index (χ3n) is 2.71. The highest BCUT2D eigenvalue weighted by molar-refractivity contribution is 7.88. The molecule has 1 rings (SSSR count). The number of sulfonamides is 1. The summed E-state index contributed by atoms with van der Waals surface area (Å²) in [6.45, 7) is 6.06. The zero-order valence-corrected chi connectivity index (χ0v) is 13.2. The zero-order chi connectivity index (χ0) is 15.4. The molecule has 6 nitrogen and oxygen atoms in total. The second-order valence-electron chi connectivity index (χ2n) is 5.68. The van der Waals surface area contributed by atoms with Gasteiger partial charge in [-0.3, -0.25) is 4.79 Å². The van der Waals surface area contributed by atoms with Crippen LogP contribution in [0.15, 0.2) is 22.8 Å². The maximum Gasteiger partial charge on any atom is 0.225 e. The van der Waals surface area contributed by atoms with E-state index >= 15 is 0 Å². The van der Waals surface area contributed by atoms with Gasteiger partial charge in [-0.05, 0) is 12.1 Å². The SMILES string of the molecule is CC(C)(C)C(=O)NCCN(Cc1ccco1)S(C)(=O)=O. The fraction of sp³-hybridized carbons (Fsp3) is 0.615. The fourth-order valence-corrected chi connectivity index (χ4v) is 2.28. The van der Waals surface area contributed by atoms with E-state index in [4.69, 9.17) is 4.42 Å². The molecule has 0 fully saturated rings. The van der Waals surface area contributed by atoms with E-state index in [2.05, 4.69) is 5.32 Å². The Morgan fingerprint density at radius 2 is 2.05 bits per heavy atom. The zero-order valence-electron chi connectivity index (χ0n) is 12.3. The van der Waals surface area contributed by atoms with Crippen molar-refractivity contribution in [1.82, 2.24) is 9.62 Å². The quantitative estimate of drug-likeness (QED) is 0.856. The van der Waals surface area contributed by atoms with Gasteiger partial charge < -0.3 is 9.73 Å². The molecule has 0 radical (unpaired) electrons. The Balaban J connectivity index is 2.57. The fourth-order valence-electron chi connectivity index (χ4n) is 1.50. The molecule has 1 aromatic rings. The van der Waals surface area contributed by atoms with E-state index in [9.17, 15) is 13.2 Å². The van der Waals surface area contributed by atoms with E-state index < -0.39 is 15.4 Å². The van der Waals surface area contributed by atoms with E-state index in [0.29, 0.717) is 5.76 Å². The van der Waals surface area contributed by atoms with Crippen LogP contribution in [0.2, 0.25) is 0 Å². The molecule has 0 unspecified atom stereocenters. The van der Waals surface area contributed by atoms with Gasteiger partial charge in [-0.1, -0.05) is 20.8 Å². The van der Waals surface area contributed by atoms with Crippen LogP contribution in [0.4, 0.5) is 0 Å². The van der Waals surface area contributed by atoms with Gasteiger partial charge in [0.2, 0.25) is 15.9 Å². The molecule has 0 aliphatic heterocycles. The van der Waals surface area contributed by atoms with Gasteiger partial charge in [0.15, 0.2) is 0 Å². The maximum atomic E-state index is 11.7. The summed E-state index contributed by atoms with van der Waals surface area (Å²) in [7, 11) is -3.35. The van der Waals surface area contributed by atoms with Crippen LogP contribution in [0.5, 0.6) is 0 Å². The molecule has 114 valence electrons. The predicted molar refractivity (Wildman–Crippen MR) is 76.4 cm³/mol. The van der Waals surface area contributed by atoms with Gasteiger partial charge in [0.25, 0.3) is 0 Å². The van der Waals surface area contributed by atoms with Crippen LogP contribution >= 0.6 is 0 Å². The Labute approximate surface area is 120 Å². The van der Waals surface area contributed by atoms with E-state index in [0.717, 1.165) is 6.26 Å². The number of rotatable bonds is 6. The van der Waals surface area contributed by atoms with E-state index in [1.54, 1.807) is 32.9 Å². The molecule has 0 aromatic carbocycles. The number of carbonyl (C=O) groups is 1. The minimum Gasteiger partial charge on any atom is -0.468 e. The van der Waals surface area contributed by atoms with Gasteiger partial charge in [0, 0.05) is 18.5 Å². The van der Waals surface area contributed by atoms with Crippen molar-refractivity contribution >= 4 is 15.9 Å². The average Bonchev–Trinajstić information content (AvgIpc) is 2.77. The van der Waals surface area contributed by atoms with Crippen LogP contribution in [0, 0.1) is 5.41 Å². The second-order valence-corrected chi connectivity index (χ2v) is 7.66. The lowest BCUT2D eigenvalue weighted by atomic mass is 9.96. The van der Waals surface area contributed by atoms with Crippen molar-refractivity contribution in [2.75, 3.05) is 19.3 Å². The van der Waals surface area contributed by atoms with Crippen LogP contribution in [0.1, 0.15) is 26.5 Å². The number of amides is 1. The van der Waals surface area contributed by atoms with Gasteiger partial charge in [0.1, 0.15) is 5.76 Å².